The molecule has 1 fully saturated rings. The summed E-state index contributed by atoms with van der Waals surface area (Å²) in [6.07, 6.45) is 0. The average Bonchev–Trinajstić information content (AvgIpc) is 2.54. The van der Waals surface area contributed by atoms with E-state index in [4.69, 9.17) is 9.47 Å². The first-order valence-corrected chi connectivity index (χ1v) is 5.37. The number of hydrogen-bond acceptors (Lipinski definition) is 3. The zero-order chi connectivity index (χ0) is 11.8. The van der Waals surface area contributed by atoms with E-state index in [-0.39, 0.29) is 5.78 Å². The van der Waals surface area contributed by atoms with Gasteiger partial charge in [-0.2, -0.15) is 0 Å². The van der Waals surface area contributed by atoms with Crippen molar-refractivity contribution in [3.8, 4) is 0 Å². The molecule has 3 nitrogen and oxygen atoms in total. The van der Waals surface area contributed by atoms with Gasteiger partial charge >= 0.3 is 0 Å². The highest BCUT2D eigenvalue weighted by Gasteiger charge is 2.47. The molecule has 1 aromatic carbocycles. The fourth-order valence-electron chi connectivity index (χ4n) is 1.92. The minimum atomic E-state index is -0.870. The van der Waals surface area contributed by atoms with Gasteiger partial charge in [-0.15, -0.1) is 0 Å². The van der Waals surface area contributed by atoms with Crippen LogP contribution in [-0.4, -0.2) is 23.8 Å². The van der Waals surface area contributed by atoms with Crippen molar-refractivity contribution in [1.29, 1.82) is 0 Å². The third kappa shape index (κ3) is 2.01. The van der Waals surface area contributed by atoms with Gasteiger partial charge in [0.25, 0.3) is 0 Å². The van der Waals surface area contributed by atoms with Crippen LogP contribution in [0.15, 0.2) is 30.3 Å². The number of Topliss-reactive ketones (excluding diaryl/α,β-unsaturated/α-hetero) is 1. The van der Waals surface area contributed by atoms with Crippen LogP contribution in [0, 0.1) is 0 Å². The lowest BCUT2D eigenvalue weighted by molar-refractivity contribution is -0.148. The van der Waals surface area contributed by atoms with Crippen LogP contribution in [0.3, 0.4) is 0 Å². The van der Waals surface area contributed by atoms with E-state index in [0.29, 0.717) is 12.2 Å². The summed E-state index contributed by atoms with van der Waals surface area (Å²) in [6, 6.07) is 9.16. The van der Waals surface area contributed by atoms with Gasteiger partial charge in [-0.25, -0.2) is 0 Å². The van der Waals surface area contributed by atoms with Gasteiger partial charge in [0, 0.05) is 5.56 Å². The number of ketones is 1. The molecule has 0 aliphatic carbocycles. The molecule has 1 atom stereocenters. The summed E-state index contributed by atoms with van der Waals surface area (Å²) >= 11 is 0. The predicted octanol–water partition coefficient (Wildman–Crippen LogP) is 2.41. The Morgan fingerprint density at radius 1 is 1.19 bits per heavy atom. The summed E-state index contributed by atoms with van der Waals surface area (Å²) in [5.41, 5.74) is -0.212. The van der Waals surface area contributed by atoms with E-state index >= 15 is 0 Å². The normalized spacial score (nSPS) is 27.9. The first-order valence-electron chi connectivity index (χ1n) is 5.37. The van der Waals surface area contributed by atoms with E-state index in [1.165, 1.54) is 0 Å². The quantitative estimate of drug-likeness (QED) is 0.718. The molecule has 1 heterocycles. The van der Waals surface area contributed by atoms with Gasteiger partial charge in [-0.3, -0.25) is 4.79 Å². The first kappa shape index (κ1) is 11.3. The zero-order valence-electron chi connectivity index (χ0n) is 9.82. The standard InChI is InChI=1S/C13H16O3/c1-12(2)15-9-13(3,16-12)11(14)10-7-5-4-6-8-10/h4-8H,9H2,1-3H3. The van der Waals surface area contributed by atoms with E-state index in [0.717, 1.165) is 0 Å². The second kappa shape index (κ2) is 3.68. The molecule has 0 aromatic heterocycles. The molecule has 2 rings (SSSR count). The number of ether oxygens (including phenoxy) is 2. The zero-order valence-corrected chi connectivity index (χ0v) is 9.82. The Morgan fingerprint density at radius 3 is 2.31 bits per heavy atom. The van der Waals surface area contributed by atoms with Crippen molar-refractivity contribution in [2.45, 2.75) is 32.2 Å². The molecular weight excluding hydrogens is 204 g/mol. The maximum absolute atomic E-state index is 12.3. The van der Waals surface area contributed by atoms with E-state index in [1.807, 2.05) is 32.0 Å². The van der Waals surface area contributed by atoms with Crippen LogP contribution >= 0.6 is 0 Å². The molecule has 0 bridgehead atoms. The monoisotopic (exact) mass is 220 g/mol. The van der Waals surface area contributed by atoms with Gasteiger partial charge in [-0.1, -0.05) is 30.3 Å². The summed E-state index contributed by atoms with van der Waals surface area (Å²) in [7, 11) is 0. The fourth-order valence-corrected chi connectivity index (χ4v) is 1.92. The number of hydrogen-bond donors (Lipinski definition) is 0. The van der Waals surface area contributed by atoms with Crippen molar-refractivity contribution < 1.29 is 14.3 Å². The lowest BCUT2D eigenvalue weighted by Gasteiger charge is -2.23. The Balaban J connectivity index is 2.24. The van der Waals surface area contributed by atoms with Gasteiger partial charge in [0.05, 0.1) is 6.61 Å². The Bertz CT molecular complexity index is 397. The molecule has 16 heavy (non-hydrogen) atoms. The molecule has 1 saturated heterocycles. The highest BCUT2D eigenvalue weighted by Crippen LogP contribution is 2.32. The van der Waals surface area contributed by atoms with E-state index in [1.54, 1.807) is 19.1 Å². The molecule has 0 saturated carbocycles. The molecule has 1 aromatic rings. The van der Waals surface area contributed by atoms with Crippen molar-refractivity contribution in [3.63, 3.8) is 0 Å². The largest absolute Gasteiger partial charge is 0.347 e. The molecule has 0 spiro atoms. The summed E-state index contributed by atoms with van der Waals surface area (Å²) in [4.78, 5) is 12.3. The second-order valence-corrected chi connectivity index (χ2v) is 4.72. The van der Waals surface area contributed by atoms with E-state index in [9.17, 15) is 4.79 Å². The highest BCUT2D eigenvalue weighted by molar-refractivity contribution is 6.02. The third-order valence-electron chi connectivity index (χ3n) is 2.68. The first-order chi connectivity index (χ1) is 7.43. The van der Waals surface area contributed by atoms with Gasteiger partial charge in [0.1, 0.15) is 0 Å². The van der Waals surface area contributed by atoms with Crippen molar-refractivity contribution in [3.05, 3.63) is 35.9 Å². The van der Waals surface area contributed by atoms with Crippen LogP contribution < -0.4 is 0 Å². The maximum Gasteiger partial charge on any atom is 0.196 e. The molecule has 1 unspecified atom stereocenters. The Morgan fingerprint density at radius 2 is 1.81 bits per heavy atom. The lowest BCUT2D eigenvalue weighted by Crippen LogP contribution is -2.39. The van der Waals surface area contributed by atoms with Crippen molar-refractivity contribution in [2.24, 2.45) is 0 Å². The van der Waals surface area contributed by atoms with Gasteiger partial charge < -0.3 is 9.47 Å². The Labute approximate surface area is 95.4 Å². The lowest BCUT2D eigenvalue weighted by atomic mass is 9.96. The number of carbonyl (C=O) groups is 1. The SMILES string of the molecule is CC1(C)OCC(C)(C(=O)c2ccccc2)O1. The minimum Gasteiger partial charge on any atom is -0.347 e. The number of benzene rings is 1. The predicted molar refractivity (Wildman–Crippen MR) is 60.3 cm³/mol. The summed E-state index contributed by atoms with van der Waals surface area (Å²) < 4.78 is 11.1. The number of rotatable bonds is 2. The van der Waals surface area contributed by atoms with Crippen molar-refractivity contribution in [1.82, 2.24) is 0 Å². The molecule has 0 radical (unpaired) electrons. The van der Waals surface area contributed by atoms with Gasteiger partial charge in [0.15, 0.2) is 17.2 Å². The summed E-state index contributed by atoms with van der Waals surface area (Å²) in [5.74, 6) is -0.710. The average molecular weight is 220 g/mol. The van der Waals surface area contributed by atoms with Gasteiger partial charge in [-0.05, 0) is 20.8 Å². The van der Waals surface area contributed by atoms with Crippen LogP contribution in [0.5, 0.6) is 0 Å². The Hall–Kier alpha value is -1.19. The van der Waals surface area contributed by atoms with Crippen LogP contribution in [0.4, 0.5) is 0 Å². The highest BCUT2D eigenvalue weighted by atomic mass is 16.8. The molecule has 1 aliphatic rings. The van der Waals surface area contributed by atoms with E-state index < -0.39 is 11.4 Å². The van der Waals surface area contributed by atoms with Crippen LogP contribution in [0.2, 0.25) is 0 Å². The molecule has 1 aliphatic heterocycles. The molecular formula is C13H16O3. The Kier molecular flexibility index (Phi) is 2.60. The second-order valence-electron chi connectivity index (χ2n) is 4.72. The van der Waals surface area contributed by atoms with E-state index in [2.05, 4.69) is 0 Å². The molecule has 0 N–H and O–H groups in total. The van der Waals surface area contributed by atoms with Crippen molar-refractivity contribution >= 4 is 5.78 Å². The van der Waals surface area contributed by atoms with Crippen molar-refractivity contribution in [2.75, 3.05) is 6.61 Å². The fraction of sp³-hybridized carbons (Fsp3) is 0.462. The maximum atomic E-state index is 12.3. The smallest absolute Gasteiger partial charge is 0.196 e. The van der Waals surface area contributed by atoms with Gasteiger partial charge in [0.2, 0.25) is 0 Å². The third-order valence-corrected chi connectivity index (χ3v) is 2.68. The van der Waals surface area contributed by atoms with Crippen LogP contribution in [0.25, 0.3) is 0 Å². The summed E-state index contributed by atoms with van der Waals surface area (Å²) in [6.45, 7) is 5.71. The molecule has 3 heteroatoms. The molecule has 0 amide bonds. The summed E-state index contributed by atoms with van der Waals surface area (Å²) in [5, 5.41) is 0. The topological polar surface area (TPSA) is 35.5 Å². The number of carbonyl (C=O) groups excluding carboxylic acids is 1. The molecule has 86 valence electrons. The van der Waals surface area contributed by atoms with Crippen LogP contribution in [0.1, 0.15) is 31.1 Å². The minimum absolute atomic E-state index is 0.0290. The van der Waals surface area contributed by atoms with Crippen LogP contribution in [-0.2, 0) is 9.47 Å².